The van der Waals surface area contributed by atoms with E-state index in [1.165, 1.54) is 60.9 Å². The van der Waals surface area contributed by atoms with E-state index in [0.717, 1.165) is 6.42 Å². The first-order valence-electron chi connectivity index (χ1n) is 9.19. The van der Waals surface area contributed by atoms with Gasteiger partial charge in [-0.2, -0.15) is 0 Å². The average Bonchev–Trinajstić information content (AvgIpc) is 3.19. The zero-order valence-corrected chi connectivity index (χ0v) is 14.2. The molecule has 1 heteroatoms. The fraction of sp³-hybridized carbons (Fsp3) is 0.0400. The van der Waals surface area contributed by atoms with Crippen molar-refractivity contribution in [2.24, 2.45) is 0 Å². The third kappa shape index (κ3) is 1.33. The van der Waals surface area contributed by atoms with Gasteiger partial charge in [0.05, 0.1) is 16.7 Å². The van der Waals surface area contributed by atoms with Gasteiger partial charge in [0.25, 0.3) is 0 Å². The number of benzene rings is 4. The Bertz CT molecular complexity index is 1400. The molecule has 0 N–H and O–H groups in total. The molecule has 0 amide bonds. The molecule has 120 valence electrons. The zero-order chi connectivity index (χ0) is 16.8. The van der Waals surface area contributed by atoms with Crippen LogP contribution in [0.3, 0.4) is 0 Å². The second-order valence-electron chi connectivity index (χ2n) is 7.38. The molecule has 0 atom stereocenters. The van der Waals surface area contributed by atoms with E-state index in [2.05, 4.69) is 83.4 Å². The van der Waals surface area contributed by atoms with Crippen LogP contribution in [0, 0.1) is 0 Å². The van der Waals surface area contributed by atoms with Crippen LogP contribution in [-0.2, 0) is 6.42 Å². The SMILES string of the molecule is c1ccc2c(c1)-c1cccc3c1-c1c(ccc4c5ccccc5n-2c14)C3. The van der Waals surface area contributed by atoms with Crippen LogP contribution in [0.1, 0.15) is 11.1 Å². The fourth-order valence-corrected chi connectivity index (χ4v) is 5.14. The van der Waals surface area contributed by atoms with Crippen LogP contribution in [0.2, 0.25) is 0 Å². The molecule has 7 rings (SSSR count). The maximum Gasteiger partial charge on any atom is 0.0622 e. The molecule has 0 saturated heterocycles. The first-order valence-corrected chi connectivity index (χ1v) is 9.19. The molecule has 0 unspecified atom stereocenters. The Morgan fingerprint density at radius 3 is 2.38 bits per heavy atom. The Morgan fingerprint density at radius 2 is 1.38 bits per heavy atom. The normalized spacial score (nSPS) is 13.2. The Labute approximate surface area is 151 Å². The summed E-state index contributed by atoms with van der Waals surface area (Å²) in [5.41, 5.74) is 12.5. The minimum atomic E-state index is 1.04. The van der Waals surface area contributed by atoms with Crippen molar-refractivity contribution in [2.75, 3.05) is 0 Å². The van der Waals surface area contributed by atoms with Crippen LogP contribution in [0.25, 0.3) is 49.7 Å². The van der Waals surface area contributed by atoms with Gasteiger partial charge in [-0.05, 0) is 40.8 Å². The summed E-state index contributed by atoms with van der Waals surface area (Å²) < 4.78 is 2.49. The van der Waals surface area contributed by atoms with Gasteiger partial charge >= 0.3 is 0 Å². The highest BCUT2D eigenvalue weighted by Gasteiger charge is 2.30. The lowest BCUT2D eigenvalue weighted by Gasteiger charge is -2.12. The first kappa shape index (κ1) is 13.0. The van der Waals surface area contributed by atoms with Crippen LogP contribution in [0.4, 0.5) is 0 Å². The van der Waals surface area contributed by atoms with Gasteiger partial charge in [-0.3, -0.25) is 0 Å². The van der Waals surface area contributed by atoms with Crippen LogP contribution in [-0.4, -0.2) is 4.57 Å². The maximum atomic E-state index is 2.49. The molecule has 0 spiro atoms. The molecule has 2 heterocycles. The smallest absolute Gasteiger partial charge is 0.0622 e. The van der Waals surface area contributed by atoms with Crippen LogP contribution in [0.15, 0.2) is 78.9 Å². The molecule has 0 saturated carbocycles. The summed E-state index contributed by atoms with van der Waals surface area (Å²) in [5, 5.41) is 2.70. The van der Waals surface area contributed by atoms with E-state index in [1.54, 1.807) is 0 Å². The number of hydrogen-bond acceptors (Lipinski definition) is 0. The first-order chi connectivity index (χ1) is 12.9. The molecule has 0 bridgehead atoms. The monoisotopic (exact) mass is 329 g/mol. The number of aromatic nitrogens is 1. The van der Waals surface area contributed by atoms with Gasteiger partial charge in [0.1, 0.15) is 0 Å². The Balaban J connectivity index is 1.88. The number of hydrogen-bond donors (Lipinski definition) is 0. The molecule has 1 nitrogen and oxygen atoms in total. The van der Waals surface area contributed by atoms with E-state index in [4.69, 9.17) is 0 Å². The van der Waals surface area contributed by atoms with Crippen molar-refractivity contribution in [3.63, 3.8) is 0 Å². The highest BCUT2D eigenvalue weighted by Crippen LogP contribution is 2.52. The molecule has 2 aliphatic rings. The van der Waals surface area contributed by atoms with E-state index in [0.29, 0.717) is 0 Å². The summed E-state index contributed by atoms with van der Waals surface area (Å²) >= 11 is 0. The number of fused-ring (bicyclic) bond motifs is 6. The van der Waals surface area contributed by atoms with Gasteiger partial charge in [0, 0.05) is 21.9 Å². The number of nitrogens with zero attached hydrogens (tertiary/aromatic N) is 1. The fourth-order valence-electron chi connectivity index (χ4n) is 5.14. The molecular weight excluding hydrogens is 314 g/mol. The van der Waals surface area contributed by atoms with Crippen molar-refractivity contribution in [1.82, 2.24) is 4.57 Å². The highest BCUT2D eigenvalue weighted by atomic mass is 15.0. The van der Waals surface area contributed by atoms with Crippen LogP contribution in [0.5, 0.6) is 0 Å². The van der Waals surface area contributed by atoms with Crippen molar-refractivity contribution in [2.45, 2.75) is 6.42 Å². The second kappa shape index (κ2) is 4.25. The third-order valence-corrected chi connectivity index (χ3v) is 6.14. The van der Waals surface area contributed by atoms with E-state index >= 15 is 0 Å². The second-order valence-corrected chi connectivity index (χ2v) is 7.38. The predicted molar refractivity (Wildman–Crippen MR) is 108 cm³/mol. The molecule has 0 fully saturated rings. The molecule has 5 aromatic rings. The Hall–Kier alpha value is -3.32. The van der Waals surface area contributed by atoms with E-state index < -0.39 is 0 Å². The van der Waals surface area contributed by atoms with Gasteiger partial charge in [0.2, 0.25) is 0 Å². The van der Waals surface area contributed by atoms with Gasteiger partial charge in [0.15, 0.2) is 0 Å². The molecule has 1 aliphatic heterocycles. The summed E-state index contributed by atoms with van der Waals surface area (Å²) in [6.07, 6.45) is 1.04. The lowest BCUT2D eigenvalue weighted by Crippen LogP contribution is -1.96. The van der Waals surface area contributed by atoms with Crippen molar-refractivity contribution >= 4 is 21.8 Å². The molecule has 1 aliphatic carbocycles. The van der Waals surface area contributed by atoms with Gasteiger partial charge in [-0.15, -0.1) is 0 Å². The van der Waals surface area contributed by atoms with Gasteiger partial charge in [-0.1, -0.05) is 66.7 Å². The lowest BCUT2D eigenvalue weighted by molar-refractivity contribution is 1.18. The van der Waals surface area contributed by atoms with E-state index in [1.807, 2.05) is 0 Å². The minimum absolute atomic E-state index is 1.04. The summed E-state index contributed by atoms with van der Waals surface area (Å²) in [7, 11) is 0. The van der Waals surface area contributed by atoms with Crippen LogP contribution >= 0.6 is 0 Å². The third-order valence-electron chi connectivity index (χ3n) is 6.14. The molecular formula is C25H15N. The van der Waals surface area contributed by atoms with Crippen LogP contribution < -0.4 is 0 Å². The number of rotatable bonds is 0. The summed E-state index contributed by atoms with van der Waals surface area (Å²) in [6.45, 7) is 0. The summed E-state index contributed by atoms with van der Waals surface area (Å²) in [4.78, 5) is 0. The lowest BCUT2D eigenvalue weighted by atomic mass is 9.93. The largest absolute Gasteiger partial charge is 0.308 e. The van der Waals surface area contributed by atoms with E-state index in [9.17, 15) is 0 Å². The number of para-hydroxylation sites is 2. The zero-order valence-electron chi connectivity index (χ0n) is 14.2. The average molecular weight is 329 g/mol. The van der Waals surface area contributed by atoms with E-state index in [-0.39, 0.29) is 0 Å². The predicted octanol–water partition coefficient (Wildman–Crippen LogP) is 6.34. The highest BCUT2D eigenvalue weighted by molar-refractivity contribution is 6.18. The standard InChI is InChI=1S/C25H15N/c1-3-10-21-17(7-1)19-9-5-6-15-14-16-12-13-20-18-8-2-4-11-22(18)26(21)25(20)24(16)23(15)19/h1-13H,14H2. The quantitative estimate of drug-likeness (QED) is 0.306. The topological polar surface area (TPSA) is 4.93 Å². The van der Waals surface area contributed by atoms with Gasteiger partial charge < -0.3 is 4.57 Å². The van der Waals surface area contributed by atoms with Crippen molar-refractivity contribution < 1.29 is 0 Å². The maximum absolute atomic E-state index is 2.49. The van der Waals surface area contributed by atoms with Gasteiger partial charge in [-0.25, -0.2) is 0 Å². The minimum Gasteiger partial charge on any atom is -0.308 e. The molecule has 1 aromatic heterocycles. The van der Waals surface area contributed by atoms with Crippen molar-refractivity contribution in [3.05, 3.63) is 90.0 Å². The van der Waals surface area contributed by atoms with Crippen molar-refractivity contribution in [1.29, 1.82) is 0 Å². The molecule has 26 heavy (non-hydrogen) atoms. The molecule has 0 radical (unpaired) electrons. The summed E-state index contributed by atoms with van der Waals surface area (Å²) in [5.74, 6) is 0. The summed E-state index contributed by atoms with van der Waals surface area (Å²) in [6, 6.07) is 29.1. The van der Waals surface area contributed by atoms with Crippen molar-refractivity contribution in [3.8, 4) is 27.9 Å². The Morgan fingerprint density at radius 1 is 0.577 bits per heavy atom. The Kier molecular flexibility index (Phi) is 2.12. The molecule has 4 aromatic carbocycles.